The van der Waals surface area contributed by atoms with E-state index in [4.69, 9.17) is 11.6 Å². The van der Waals surface area contributed by atoms with Gasteiger partial charge in [-0.05, 0) is 70.3 Å². The van der Waals surface area contributed by atoms with Crippen molar-refractivity contribution in [2.75, 3.05) is 5.33 Å². The van der Waals surface area contributed by atoms with Crippen molar-refractivity contribution in [3.63, 3.8) is 0 Å². The van der Waals surface area contributed by atoms with Gasteiger partial charge >= 0.3 is 0 Å². The van der Waals surface area contributed by atoms with Crippen LogP contribution in [0, 0.1) is 3.57 Å². The molecule has 0 aromatic heterocycles. The first-order chi connectivity index (χ1) is 8.69. The molecule has 0 heterocycles. The Labute approximate surface area is 135 Å². The smallest absolute Gasteiger partial charge is 0.0408 e. The van der Waals surface area contributed by atoms with E-state index in [2.05, 4.69) is 74.9 Å². The van der Waals surface area contributed by atoms with Crippen LogP contribution in [-0.4, -0.2) is 5.33 Å². The van der Waals surface area contributed by atoms with Crippen molar-refractivity contribution in [1.29, 1.82) is 0 Å². The van der Waals surface area contributed by atoms with E-state index in [1.165, 1.54) is 14.7 Å². The first kappa shape index (κ1) is 14.4. The molecular weight excluding hydrogens is 422 g/mol. The minimum Gasteiger partial charge on any atom is -0.0921 e. The fraction of sp³-hybridized carbons (Fsp3) is 0.200. The molecule has 18 heavy (non-hydrogen) atoms. The van der Waals surface area contributed by atoms with E-state index in [0.29, 0.717) is 5.92 Å². The van der Waals surface area contributed by atoms with Crippen LogP contribution < -0.4 is 0 Å². The Morgan fingerprint density at radius 3 is 2.44 bits per heavy atom. The molecule has 0 aliphatic heterocycles. The van der Waals surface area contributed by atoms with E-state index >= 15 is 0 Å². The normalized spacial score (nSPS) is 12.4. The second kappa shape index (κ2) is 6.92. The topological polar surface area (TPSA) is 0 Å². The Kier molecular flexibility index (Phi) is 5.52. The lowest BCUT2D eigenvalue weighted by Gasteiger charge is -2.15. The Morgan fingerprint density at radius 2 is 1.83 bits per heavy atom. The van der Waals surface area contributed by atoms with Crippen LogP contribution in [0.3, 0.4) is 0 Å². The fourth-order valence-corrected chi connectivity index (χ4v) is 3.09. The number of hydrogen-bond acceptors (Lipinski definition) is 0. The SMILES string of the molecule is Clc1cccc(C(CBr)Cc2ccc(I)cc2)c1. The standard InChI is InChI=1S/C15H13BrClI/c16-10-13(12-2-1-3-14(17)9-12)8-11-4-6-15(18)7-5-11/h1-7,9,13H,8,10H2. The summed E-state index contributed by atoms with van der Waals surface area (Å²) in [4.78, 5) is 0. The maximum atomic E-state index is 6.05. The molecule has 0 bridgehead atoms. The first-order valence-electron chi connectivity index (χ1n) is 5.75. The molecule has 2 rings (SSSR count). The third-order valence-corrected chi connectivity index (χ3v) is 4.64. The molecule has 94 valence electrons. The molecule has 2 aromatic carbocycles. The molecule has 1 unspecified atom stereocenters. The van der Waals surface area contributed by atoms with Crippen molar-refractivity contribution in [3.8, 4) is 0 Å². The Bertz CT molecular complexity index is 510. The van der Waals surface area contributed by atoms with Gasteiger partial charge in [0.15, 0.2) is 0 Å². The molecule has 0 amide bonds. The average molecular weight is 436 g/mol. The highest BCUT2D eigenvalue weighted by Crippen LogP contribution is 2.25. The molecule has 2 aromatic rings. The van der Waals surface area contributed by atoms with Crippen molar-refractivity contribution in [2.45, 2.75) is 12.3 Å². The zero-order valence-corrected chi connectivity index (χ0v) is 14.2. The van der Waals surface area contributed by atoms with E-state index < -0.39 is 0 Å². The quantitative estimate of drug-likeness (QED) is 0.429. The third-order valence-electron chi connectivity index (χ3n) is 2.90. The molecule has 0 radical (unpaired) electrons. The minimum atomic E-state index is 0.462. The molecule has 0 N–H and O–H groups in total. The van der Waals surface area contributed by atoms with Crippen LogP contribution in [-0.2, 0) is 6.42 Å². The lowest BCUT2D eigenvalue weighted by molar-refractivity contribution is 0.775. The number of alkyl halides is 1. The largest absolute Gasteiger partial charge is 0.0921 e. The summed E-state index contributed by atoms with van der Waals surface area (Å²) in [5.74, 6) is 0.462. The number of halogens is 3. The Hall–Kier alpha value is -0.0600. The van der Waals surface area contributed by atoms with Gasteiger partial charge in [-0.1, -0.05) is 51.8 Å². The molecule has 0 fully saturated rings. The van der Waals surface area contributed by atoms with Crippen molar-refractivity contribution in [3.05, 3.63) is 68.3 Å². The summed E-state index contributed by atoms with van der Waals surface area (Å²) in [6.07, 6.45) is 1.03. The van der Waals surface area contributed by atoms with Crippen LogP contribution in [0.1, 0.15) is 17.0 Å². The number of hydrogen-bond donors (Lipinski definition) is 0. The molecule has 1 atom stereocenters. The van der Waals surface area contributed by atoms with Crippen molar-refractivity contribution in [1.82, 2.24) is 0 Å². The van der Waals surface area contributed by atoms with Gasteiger partial charge < -0.3 is 0 Å². The number of benzene rings is 2. The summed E-state index contributed by atoms with van der Waals surface area (Å²) in [5, 5.41) is 1.75. The summed E-state index contributed by atoms with van der Waals surface area (Å²) in [5.41, 5.74) is 2.65. The van der Waals surface area contributed by atoms with Crippen molar-refractivity contribution < 1.29 is 0 Å². The summed E-state index contributed by atoms with van der Waals surface area (Å²) >= 11 is 12.0. The fourth-order valence-electron chi connectivity index (χ4n) is 1.93. The van der Waals surface area contributed by atoms with Crippen LogP contribution in [0.25, 0.3) is 0 Å². The van der Waals surface area contributed by atoms with Gasteiger partial charge in [-0.15, -0.1) is 0 Å². The predicted molar refractivity (Wildman–Crippen MR) is 90.9 cm³/mol. The number of rotatable bonds is 4. The van der Waals surface area contributed by atoms with Crippen LogP contribution in [0.4, 0.5) is 0 Å². The van der Waals surface area contributed by atoms with Crippen LogP contribution in [0.2, 0.25) is 5.02 Å². The first-order valence-corrected chi connectivity index (χ1v) is 8.32. The van der Waals surface area contributed by atoms with Crippen molar-refractivity contribution in [2.24, 2.45) is 0 Å². The molecule has 0 aliphatic rings. The predicted octanol–water partition coefficient (Wildman–Crippen LogP) is 5.67. The third kappa shape index (κ3) is 3.97. The lowest BCUT2D eigenvalue weighted by Crippen LogP contribution is -2.04. The van der Waals surface area contributed by atoms with Gasteiger partial charge in [-0.25, -0.2) is 0 Å². The van der Waals surface area contributed by atoms with Crippen LogP contribution in [0.15, 0.2) is 48.5 Å². The highest BCUT2D eigenvalue weighted by Gasteiger charge is 2.11. The van der Waals surface area contributed by atoms with Gasteiger partial charge in [-0.3, -0.25) is 0 Å². The molecule has 0 spiro atoms. The highest BCUT2D eigenvalue weighted by molar-refractivity contribution is 14.1. The molecule has 0 saturated carbocycles. The summed E-state index contributed by atoms with van der Waals surface area (Å²) in [7, 11) is 0. The monoisotopic (exact) mass is 434 g/mol. The van der Waals surface area contributed by atoms with Crippen LogP contribution in [0.5, 0.6) is 0 Å². The summed E-state index contributed by atoms with van der Waals surface area (Å²) in [6.45, 7) is 0. The van der Waals surface area contributed by atoms with Crippen molar-refractivity contribution >= 4 is 50.1 Å². The Balaban J connectivity index is 2.17. The van der Waals surface area contributed by atoms with E-state index in [9.17, 15) is 0 Å². The summed E-state index contributed by atoms with van der Waals surface area (Å²) in [6, 6.07) is 16.8. The zero-order valence-electron chi connectivity index (χ0n) is 9.74. The van der Waals surface area contributed by atoms with E-state index in [0.717, 1.165) is 16.8 Å². The lowest BCUT2D eigenvalue weighted by atomic mass is 9.94. The molecule has 0 aliphatic carbocycles. The second-order valence-corrected chi connectivity index (χ2v) is 6.57. The molecule has 0 nitrogen and oxygen atoms in total. The van der Waals surface area contributed by atoms with E-state index in [1.807, 2.05) is 12.1 Å². The second-order valence-electron chi connectivity index (χ2n) is 4.24. The van der Waals surface area contributed by atoms with Gasteiger partial charge in [0.25, 0.3) is 0 Å². The average Bonchev–Trinajstić information content (AvgIpc) is 2.38. The van der Waals surface area contributed by atoms with E-state index in [1.54, 1.807) is 0 Å². The Morgan fingerprint density at radius 1 is 1.11 bits per heavy atom. The maximum Gasteiger partial charge on any atom is 0.0408 e. The minimum absolute atomic E-state index is 0.462. The molecular formula is C15H13BrClI. The highest BCUT2D eigenvalue weighted by atomic mass is 127. The van der Waals surface area contributed by atoms with Gasteiger partial charge in [0.2, 0.25) is 0 Å². The van der Waals surface area contributed by atoms with Gasteiger partial charge in [0, 0.05) is 13.9 Å². The molecule has 0 saturated heterocycles. The van der Waals surface area contributed by atoms with Gasteiger partial charge in [-0.2, -0.15) is 0 Å². The van der Waals surface area contributed by atoms with Gasteiger partial charge in [0.05, 0.1) is 0 Å². The van der Waals surface area contributed by atoms with Crippen LogP contribution >= 0.6 is 50.1 Å². The maximum absolute atomic E-state index is 6.05. The summed E-state index contributed by atoms with van der Waals surface area (Å²) < 4.78 is 1.27. The van der Waals surface area contributed by atoms with Gasteiger partial charge in [0.1, 0.15) is 0 Å². The van der Waals surface area contributed by atoms with E-state index in [-0.39, 0.29) is 0 Å². The molecule has 3 heteroatoms. The zero-order chi connectivity index (χ0) is 13.0.